The number of hydrazine groups is 1. The molecule has 1 aliphatic rings. The molecule has 3 aromatic rings. The average Bonchev–Trinajstić information content (AvgIpc) is 3.21. The highest BCUT2D eigenvalue weighted by Crippen LogP contribution is 2.27. The second-order valence-electron chi connectivity index (χ2n) is 7.06. The van der Waals surface area contributed by atoms with Crippen LogP contribution in [0.4, 0.5) is 0 Å². The first-order valence-electron chi connectivity index (χ1n) is 9.63. The predicted molar refractivity (Wildman–Crippen MR) is 110 cm³/mol. The van der Waals surface area contributed by atoms with E-state index in [9.17, 15) is 0 Å². The van der Waals surface area contributed by atoms with Crippen LogP contribution >= 0.6 is 0 Å². The summed E-state index contributed by atoms with van der Waals surface area (Å²) in [5, 5.41) is 3.61. The van der Waals surface area contributed by atoms with E-state index in [1.165, 1.54) is 22.3 Å². The molecule has 4 rings (SSSR count). The minimum atomic E-state index is 0.336. The van der Waals surface area contributed by atoms with Gasteiger partial charge in [0, 0.05) is 31.4 Å². The molecule has 0 amide bonds. The van der Waals surface area contributed by atoms with Gasteiger partial charge in [-0.1, -0.05) is 54.6 Å². The van der Waals surface area contributed by atoms with Crippen LogP contribution in [0, 0.1) is 5.92 Å². The Balaban J connectivity index is 1.32. The van der Waals surface area contributed by atoms with Crippen molar-refractivity contribution in [2.75, 3.05) is 19.6 Å². The first kappa shape index (κ1) is 17.9. The van der Waals surface area contributed by atoms with Gasteiger partial charge < -0.3 is 5.32 Å². The third-order valence-electron chi connectivity index (χ3n) is 5.22. The summed E-state index contributed by atoms with van der Waals surface area (Å²) in [5.74, 6) is 0.532. The van der Waals surface area contributed by atoms with Crippen LogP contribution in [0.5, 0.6) is 0 Å². The van der Waals surface area contributed by atoms with E-state index in [-0.39, 0.29) is 0 Å². The van der Waals surface area contributed by atoms with Gasteiger partial charge in [-0.2, -0.15) is 0 Å². The van der Waals surface area contributed by atoms with Gasteiger partial charge in [-0.05, 0) is 47.4 Å². The molecule has 27 heavy (non-hydrogen) atoms. The average molecular weight is 358 g/mol. The van der Waals surface area contributed by atoms with Crippen molar-refractivity contribution in [2.45, 2.75) is 12.5 Å². The zero-order valence-corrected chi connectivity index (χ0v) is 15.4. The summed E-state index contributed by atoms with van der Waals surface area (Å²) >= 11 is 0. The summed E-state index contributed by atoms with van der Waals surface area (Å²) in [6.07, 6.45) is 4.75. The zero-order valence-electron chi connectivity index (χ0n) is 15.4. The van der Waals surface area contributed by atoms with E-state index in [0.29, 0.717) is 12.0 Å². The van der Waals surface area contributed by atoms with Gasteiger partial charge in [-0.15, -0.1) is 0 Å². The van der Waals surface area contributed by atoms with Crippen LogP contribution in [0.3, 0.4) is 0 Å². The molecule has 138 valence electrons. The van der Waals surface area contributed by atoms with Crippen LogP contribution in [0.25, 0.3) is 11.1 Å². The van der Waals surface area contributed by atoms with Crippen molar-refractivity contribution in [3.05, 3.63) is 90.3 Å². The minimum absolute atomic E-state index is 0.336. The molecule has 1 saturated heterocycles. The third-order valence-corrected chi connectivity index (χ3v) is 5.22. The van der Waals surface area contributed by atoms with Crippen LogP contribution in [0.15, 0.2) is 79.1 Å². The number of pyridine rings is 1. The molecular weight excluding hydrogens is 332 g/mol. The van der Waals surface area contributed by atoms with Crippen molar-refractivity contribution in [3.8, 4) is 11.1 Å². The minimum Gasteiger partial charge on any atom is -0.316 e. The Labute approximate surface area is 161 Å². The second kappa shape index (κ2) is 8.91. The van der Waals surface area contributed by atoms with E-state index in [0.717, 1.165) is 26.1 Å². The number of rotatable bonds is 7. The molecule has 2 aromatic carbocycles. The lowest BCUT2D eigenvalue weighted by Crippen LogP contribution is -2.29. The van der Waals surface area contributed by atoms with Gasteiger partial charge in [0.15, 0.2) is 0 Å². The summed E-state index contributed by atoms with van der Waals surface area (Å²) in [5.41, 5.74) is 12.0. The maximum absolute atomic E-state index is 4.07. The molecule has 1 fully saturated rings. The summed E-state index contributed by atoms with van der Waals surface area (Å²) < 4.78 is 0. The molecule has 2 unspecified atom stereocenters. The number of hydrogen-bond donors (Lipinski definition) is 3. The fourth-order valence-electron chi connectivity index (χ4n) is 3.66. The molecule has 0 radical (unpaired) electrons. The van der Waals surface area contributed by atoms with Gasteiger partial charge >= 0.3 is 0 Å². The van der Waals surface area contributed by atoms with Crippen LogP contribution in [-0.2, 0) is 6.42 Å². The quantitative estimate of drug-likeness (QED) is 0.567. The van der Waals surface area contributed by atoms with E-state index >= 15 is 0 Å². The van der Waals surface area contributed by atoms with Crippen molar-refractivity contribution in [1.29, 1.82) is 0 Å². The summed E-state index contributed by atoms with van der Waals surface area (Å²) in [4.78, 5) is 4.07. The van der Waals surface area contributed by atoms with Crippen molar-refractivity contribution < 1.29 is 0 Å². The number of nitrogens with zero attached hydrogens (tertiary/aromatic N) is 1. The smallest absolute Gasteiger partial charge is 0.0515 e. The van der Waals surface area contributed by atoms with E-state index < -0.39 is 0 Å². The highest BCUT2D eigenvalue weighted by atomic mass is 15.4. The molecule has 2 heterocycles. The van der Waals surface area contributed by atoms with Crippen molar-refractivity contribution in [2.24, 2.45) is 5.92 Å². The molecule has 0 aliphatic carbocycles. The van der Waals surface area contributed by atoms with Gasteiger partial charge in [0.05, 0.1) is 6.04 Å². The van der Waals surface area contributed by atoms with Gasteiger partial charge in [-0.25, -0.2) is 5.43 Å². The summed E-state index contributed by atoms with van der Waals surface area (Å²) in [6, 6.07) is 24.0. The monoisotopic (exact) mass is 358 g/mol. The number of hydrogen-bond acceptors (Lipinski definition) is 4. The van der Waals surface area contributed by atoms with Crippen molar-refractivity contribution in [1.82, 2.24) is 21.2 Å². The Bertz CT molecular complexity index is 818. The highest BCUT2D eigenvalue weighted by molar-refractivity contribution is 5.63. The van der Waals surface area contributed by atoms with Crippen molar-refractivity contribution in [3.63, 3.8) is 0 Å². The number of benzene rings is 2. The van der Waals surface area contributed by atoms with Crippen LogP contribution in [0.2, 0.25) is 0 Å². The predicted octanol–water partition coefficient (Wildman–Crippen LogP) is 3.35. The maximum atomic E-state index is 4.07. The summed E-state index contributed by atoms with van der Waals surface area (Å²) in [7, 11) is 0. The fraction of sp³-hybridized carbons (Fsp3) is 0.261. The lowest BCUT2D eigenvalue weighted by atomic mass is 9.93. The summed E-state index contributed by atoms with van der Waals surface area (Å²) in [6.45, 7) is 2.96. The number of nitrogens with one attached hydrogen (secondary N) is 3. The Kier molecular flexibility index (Phi) is 5.89. The third kappa shape index (κ3) is 4.61. The Morgan fingerprint density at radius 3 is 2.41 bits per heavy atom. The van der Waals surface area contributed by atoms with Crippen molar-refractivity contribution >= 4 is 0 Å². The van der Waals surface area contributed by atoms with Crippen LogP contribution in [0.1, 0.15) is 17.2 Å². The molecule has 1 aromatic heterocycles. The Morgan fingerprint density at radius 2 is 1.63 bits per heavy atom. The molecule has 0 spiro atoms. The molecule has 0 bridgehead atoms. The maximum Gasteiger partial charge on any atom is 0.0515 e. The number of aromatic nitrogens is 1. The lowest BCUT2D eigenvalue weighted by Gasteiger charge is -2.20. The van der Waals surface area contributed by atoms with E-state index in [2.05, 4.69) is 87.9 Å². The van der Waals surface area contributed by atoms with Gasteiger partial charge in [0.1, 0.15) is 0 Å². The first-order valence-corrected chi connectivity index (χ1v) is 9.63. The highest BCUT2D eigenvalue weighted by Gasteiger charge is 2.27. The van der Waals surface area contributed by atoms with Gasteiger partial charge in [0.2, 0.25) is 0 Å². The Morgan fingerprint density at radius 1 is 0.889 bits per heavy atom. The van der Waals surface area contributed by atoms with E-state index in [4.69, 9.17) is 0 Å². The standard InChI is InChI=1S/C23H26N4/c1-2-4-19(5-3-1)20-6-8-21(9-7-20)23-22(17-26-27-23)16-25-15-12-18-10-13-24-14-11-18/h1-11,13-14,22-23,25-27H,12,15-17H2. The molecule has 4 nitrogen and oxygen atoms in total. The second-order valence-corrected chi connectivity index (χ2v) is 7.06. The Hall–Kier alpha value is -2.53. The SMILES string of the molecule is c1ccc(-c2ccc(C3NNCC3CNCCc3ccncc3)cc2)cc1. The fourth-order valence-corrected chi connectivity index (χ4v) is 3.66. The molecular formula is C23H26N4. The van der Waals surface area contributed by atoms with Crippen LogP contribution < -0.4 is 16.2 Å². The largest absolute Gasteiger partial charge is 0.316 e. The zero-order chi connectivity index (χ0) is 18.3. The van der Waals surface area contributed by atoms with Crippen LogP contribution in [-0.4, -0.2) is 24.6 Å². The van der Waals surface area contributed by atoms with E-state index in [1.54, 1.807) is 0 Å². The molecule has 4 heteroatoms. The topological polar surface area (TPSA) is 49.0 Å². The van der Waals surface area contributed by atoms with E-state index in [1.807, 2.05) is 12.4 Å². The molecule has 1 aliphatic heterocycles. The normalized spacial score (nSPS) is 19.3. The molecule has 0 saturated carbocycles. The van der Waals surface area contributed by atoms with Gasteiger partial charge in [-0.3, -0.25) is 10.4 Å². The molecule has 3 N–H and O–H groups in total. The lowest BCUT2D eigenvalue weighted by molar-refractivity contribution is 0.443. The first-order chi connectivity index (χ1) is 13.4. The van der Waals surface area contributed by atoms with Gasteiger partial charge in [0.25, 0.3) is 0 Å². The molecule has 2 atom stereocenters.